The van der Waals surface area contributed by atoms with Gasteiger partial charge >= 0.3 is 0 Å². The van der Waals surface area contributed by atoms with Gasteiger partial charge in [0.1, 0.15) is 11.9 Å². The molecule has 0 aromatic heterocycles. The van der Waals surface area contributed by atoms with Crippen molar-refractivity contribution < 1.29 is 9.18 Å². The standard InChI is InChI=1S/C14H9Br2FN2O/c15-7-1-4-11(10(16)5-7)18-13-9-3-2-8(17)6-12(9)19-14(13)20/h1-6,13,18H,(H,19,20). The van der Waals surface area contributed by atoms with E-state index in [1.54, 1.807) is 6.07 Å². The number of amides is 1. The molecule has 0 saturated carbocycles. The highest BCUT2D eigenvalue weighted by atomic mass is 79.9. The van der Waals surface area contributed by atoms with Gasteiger partial charge in [0, 0.05) is 25.9 Å². The van der Waals surface area contributed by atoms with Crippen LogP contribution in [0.25, 0.3) is 0 Å². The molecule has 102 valence electrons. The molecular weight excluding hydrogens is 391 g/mol. The molecule has 2 N–H and O–H groups in total. The lowest BCUT2D eigenvalue weighted by atomic mass is 10.1. The summed E-state index contributed by atoms with van der Waals surface area (Å²) >= 11 is 6.82. The lowest BCUT2D eigenvalue weighted by Crippen LogP contribution is -2.19. The second kappa shape index (κ2) is 5.18. The van der Waals surface area contributed by atoms with Crippen LogP contribution in [0.15, 0.2) is 45.3 Å². The van der Waals surface area contributed by atoms with E-state index in [4.69, 9.17) is 0 Å². The number of anilines is 2. The Morgan fingerprint density at radius 3 is 2.70 bits per heavy atom. The molecule has 1 amide bonds. The number of nitrogens with one attached hydrogen (secondary N) is 2. The maximum Gasteiger partial charge on any atom is 0.251 e. The van der Waals surface area contributed by atoms with E-state index >= 15 is 0 Å². The van der Waals surface area contributed by atoms with Crippen molar-refractivity contribution >= 4 is 49.1 Å². The third-order valence-corrected chi connectivity index (χ3v) is 4.23. The van der Waals surface area contributed by atoms with Crippen LogP contribution in [-0.4, -0.2) is 5.91 Å². The number of carbonyl (C=O) groups excluding carboxylic acids is 1. The van der Waals surface area contributed by atoms with Crippen LogP contribution in [-0.2, 0) is 4.79 Å². The van der Waals surface area contributed by atoms with Crippen LogP contribution in [0.3, 0.4) is 0 Å². The van der Waals surface area contributed by atoms with Crippen molar-refractivity contribution in [2.24, 2.45) is 0 Å². The van der Waals surface area contributed by atoms with E-state index < -0.39 is 6.04 Å². The van der Waals surface area contributed by atoms with E-state index in [1.807, 2.05) is 18.2 Å². The van der Waals surface area contributed by atoms with Crippen molar-refractivity contribution in [1.29, 1.82) is 0 Å². The second-order valence-corrected chi connectivity index (χ2v) is 6.19. The number of hydrogen-bond acceptors (Lipinski definition) is 2. The Balaban J connectivity index is 1.94. The molecule has 1 unspecified atom stereocenters. The summed E-state index contributed by atoms with van der Waals surface area (Å²) in [6.45, 7) is 0. The summed E-state index contributed by atoms with van der Waals surface area (Å²) < 4.78 is 14.9. The van der Waals surface area contributed by atoms with Gasteiger partial charge in [-0.1, -0.05) is 22.0 Å². The van der Waals surface area contributed by atoms with Crippen molar-refractivity contribution in [1.82, 2.24) is 0 Å². The fourth-order valence-electron chi connectivity index (χ4n) is 2.14. The first-order valence-corrected chi connectivity index (χ1v) is 7.45. The first-order valence-electron chi connectivity index (χ1n) is 5.86. The third kappa shape index (κ3) is 2.45. The fourth-order valence-corrected chi connectivity index (χ4v) is 3.30. The SMILES string of the molecule is O=C1Nc2cc(F)ccc2C1Nc1ccc(Br)cc1Br. The van der Waals surface area contributed by atoms with Gasteiger partial charge in [0.05, 0.1) is 0 Å². The molecule has 0 radical (unpaired) electrons. The molecule has 1 aliphatic rings. The molecule has 20 heavy (non-hydrogen) atoms. The van der Waals surface area contributed by atoms with Crippen LogP contribution in [0, 0.1) is 5.82 Å². The lowest BCUT2D eigenvalue weighted by molar-refractivity contribution is -0.116. The van der Waals surface area contributed by atoms with Gasteiger partial charge < -0.3 is 10.6 Å². The Morgan fingerprint density at radius 2 is 1.95 bits per heavy atom. The molecular formula is C14H9Br2FN2O. The summed E-state index contributed by atoms with van der Waals surface area (Å²) in [6, 6.07) is 9.40. The number of fused-ring (bicyclic) bond motifs is 1. The molecule has 0 aliphatic carbocycles. The average molecular weight is 400 g/mol. The van der Waals surface area contributed by atoms with Crippen LogP contribution in [0.1, 0.15) is 11.6 Å². The highest BCUT2D eigenvalue weighted by molar-refractivity contribution is 9.11. The molecule has 2 aromatic rings. The van der Waals surface area contributed by atoms with Gasteiger partial charge in [-0.15, -0.1) is 0 Å². The predicted octanol–water partition coefficient (Wildman–Crippen LogP) is 4.46. The van der Waals surface area contributed by atoms with Crippen LogP contribution >= 0.6 is 31.9 Å². The zero-order valence-corrected chi connectivity index (χ0v) is 13.3. The number of hydrogen-bond donors (Lipinski definition) is 2. The molecule has 0 saturated heterocycles. The summed E-state index contributed by atoms with van der Waals surface area (Å²) in [4.78, 5) is 12.0. The van der Waals surface area contributed by atoms with Crippen molar-refractivity contribution in [3.63, 3.8) is 0 Å². The van der Waals surface area contributed by atoms with E-state index in [0.717, 1.165) is 20.2 Å². The van der Waals surface area contributed by atoms with E-state index in [-0.39, 0.29) is 11.7 Å². The summed E-state index contributed by atoms with van der Waals surface area (Å²) in [6.07, 6.45) is 0. The molecule has 2 aromatic carbocycles. The third-order valence-electron chi connectivity index (χ3n) is 3.08. The normalized spacial score (nSPS) is 16.8. The van der Waals surface area contributed by atoms with Crippen LogP contribution in [0.2, 0.25) is 0 Å². The molecule has 0 fully saturated rings. The first-order chi connectivity index (χ1) is 9.54. The highest BCUT2D eigenvalue weighted by Crippen LogP contribution is 2.36. The Morgan fingerprint density at radius 1 is 1.15 bits per heavy atom. The van der Waals surface area contributed by atoms with Gasteiger partial charge in [-0.25, -0.2) is 4.39 Å². The van der Waals surface area contributed by atoms with Gasteiger partial charge in [0.25, 0.3) is 5.91 Å². The summed E-state index contributed by atoms with van der Waals surface area (Å²) in [5.74, 6) is -0.560. The molecule has 3 nitrogen and oxygen atoms in total. The van der Waals surface area contributed by atoms with Gasteiger partial charge in [-0.3, -0.25) is 4.79 Å². The van der Waals surface area contributed by atoms with Crippen LogP contribution < -0.4 is 10.6 Å². The summed E-state index contributed by atoms with van der Waals surface area (Å²) in [7, 11) is 0. The smallest absolute Gasteiger partial charge is 0.251 e. The highest BCUT2D eigenvalue weighted by Gasteiger charge is 2.31. The van der Waals surface area contributed by atoms with Crippen molar-refractivity contribution in [2.45, 2.75) is 6.04 Å². The minimum absolute atomic E-state index is 0.194. The Kier molecular flexibility index (Phi) is 3.52. The Hall–Kier alpha value is -1.40. The second-order valence-electron chi connectivity index (χ2n) is 4.42. The molecule has 6 heteroatoms. The largest absolute Gasteiger partial charge is 0.369 e. The molecule has 1 atom stereocenters. The predicted molar refractivity (Wildman–Crippen MR) is 83.2 cm³/mol. The lowest BCUT2D eigenvalue weighted by Gasteiger charge is -2.14. The fraction of sp³-hybridized carbons (Fsp3) is 0.0714. The molecule has 0 bridgehead atoms. The van der Waals surface area contributed by atoms with Gasteiger partial charge in [0.2, 0.25) is 0 Å². The molecule has 0 spiro atoms. The van der Waals surface area contributed by atoms with Gasteiger partial charge in [0.15, 0.2) is 0 Å². The maximum atomic E-state index is 13.2. The molecule has 1 aliphatic heterocycles. The zero-order valence-electron chi connectivity index (χ0n) is 10.1. The minimum atomic E-state index is -0.525. The first kappa shape index (κ1) is 13.6. The van der Waals surface area contributed by atoms with E-state index in [2.05, 4.69) is 42.5 Å². The summed E-state index contributed by atoms with van der Waals surface area (Å²) in [5.41, 5.74) is 2.05. The average Bonchev–Trinajstić information content (AvgIpc) is 2.68. The van der Waals surface area contributed by atoms with E-state index in [9.17, 15) is 9.18 Å². The Bertz CT molecular complexity index is 706. The van der Waals surface area contributed by atoms with E-state index in [1.165, 1.54) is 12.1 Å². The van der Waals surface area contributed by atoms with Crippen LogP contribution in [0.5, 0.6) is 0 Å². The zero-order chi connectivity index (χ0) is 14.3. The Labute approximate surface area is 131 Å². The number of benzene rings is 2. The molecule has 1 heterocycles. The molecule has 3 rings (SSSR count). The quantitative estimate of drug-likeness (QED) is 0.782. The minimum Gasteiger partial charge on any atom is -0.369 e. The van der Waals surface area contributed by atoms with Crippen molar-refractivity contribution in [3.05, 3.63) is 56.7 Å². The number of rotatable bonds is 2. The van der Waals surface area contributed by atoms with Gasteiger partial charge in [-0.05, 0) is 46.3 Å². The maximum absolute atomic E-state index is 13.2. The van der Waals surface area contributed by atoms with Crippen molar-refractivity contribution in [3.8, 4) is 0 Å². The van der Waals surface area contributed by atoms with E-state index in [0.29, 0.717) is 5.69 Å². The van der Waals surface area contributed by atoms with Gasteiger partial charge in [-0.2, -0.15) is 0 Å². The van der Waals surface area contributed by atoms with Crippen LogP contribution in [0.4, 0.5) is 15.8 Å². The number of carbonyl (C=O) groups is 1. The number of halogens is 3. The summed E-state index contributed by atoms with van der Waals surface area (Å²) in [5, 5.41) is 5.83. The topological polar surface area (TPSA) is 41.1 Å². The monoisotopic (exact) mass is 398 g/mol. The van der Waals surface area contributed by atoms with Crippen molar-refractivity contribution in [2.75, 3.05) is 10.6 Å².